The fourth-order valence-electron chi connectivity index (χ4n) is 2.26. The first-order valence-corrected chi connectivity index (χ1v) is 9.20. The molecule has 0 radical (unpaired) electrons. The number of benzene rings is 2. The molecule has 0 bridgehead atoms. The molecule has 1 heterocycles. The highest BCUT2D eigenvalue weighted by molar-refractivity contribution is 9.10. The van der Waals surface area contributed by atoms with E-state index in [9.17, 15) is 9.18 Å². The van der Waals surface area contributed by atoms with Crippen molar-refractivity contribution in [2.24, 2.45) is 0 Å². The molecule has 3 rings (SSSR count). The number of hydrogen-bond donors (Lipinski definition) is 1. The number of halogens is 5. The standard InChI is InChI=1S/C17H10BrCl3FN3O/c18-12-8-25(7-11-13(20)2-1-3-15(11)22)24-16(12)23-17(26)10-5-4-9(19)6-14(10)21/h1-6,8H,7H2,(H,23,24,26). The van der Waals surface area contributed by atoms with Gasteiger partial charge in [-0.2, -0.15) is 5.10 Å². The summed E-state index contributed by atoms with van der Waals surface area (Å²) in [5.41, 5.74) is 0.567. The van der Waals surface area contributed by atoms with Gasteiger partial charge in [-0.15, -0.1) is 0 Å². The van der Waals surface area contributed by atoms with Crippen molar-refractivity contribution in [3.05, 3.63) is 79.1 Å². The Kier molecular flexibility index (Phi) is 5.87. The molecule has 0 saturated carbocycles. The lowest BCUT2D eigenvalue weighted by molar-refractivity contribution is 0.102. The van der Waals surface area contributed by atoms with Crippen molar-refractivity contribution in [1.29, 1.82) is 0 Å². The van der Waals surface area contributed by atoms with Gasteiger partial charge < -0.3 is 5.32 Å². The molecule has 0 fully saturated rings. The lowest BCUT2D eigenvalue weighted by Crippen LogP contribution is -2.14. The van der Waals surface area contributed by atoms with Crippen LogP contribution in [0.1, 0.15) is 15.9 Å². The molecule has 0 aliphatic carbocycles. The van der Waals surface area contributed by atoms with Crippen LogP contribution in [0.5, 0.6) is 0 Å². The second-order valence-corrected chi connectivity index (χ2v) is 7.41. The highest BCUT2D eigenvalue weighted by Crippen LogP contribution is 2.26. The number of amides is 1. The Hall–Kier alpha value is -1.60. The minimum atomic E-state index is -0.443. The monoisotopic (exact) mass is 475 g/mol. The first-order chi connectivity index (χ1) is 12.3. The van der Waals surface area contributed by atoms with E-state index in [1.165, 1.54) is 28.9 Å². The van der Waals surface area contributed by atoms with Crippen molar-refractivity contribution in [1.82, 2.24) is 9.78 Å². The minimum absolute atomic E-state index is 0.113. The molecule has 4 nitrogen and oxygen atoms in total. The summed E-state index contributed by atoms with van der Waals surface area (Å²) >= 11 is 21.2. The molecule has 0 saturated heterocycles. The van der Waals surface area contributed by atoms with Crippen LogP contribution in [0, 0.1) is 5.82 Å². The van der Waals surface area contributed by atoms with Gasteiger partial charge in [0.2, 0.25) is 0 Å². The van der Waals surface area contributed by atoms with Gasteiger partial charge in [0, 0.05) is 21.8 Å². The van der Waals surface area contributed by atoms with Gasteiger partial charge in [0.1, 0.15) is 5.82 Å². The molecule has 26 heavy (non-hydrogen) atoms. The van der Waals surface area contributed by atoms with Crippen LogP contribution in [-0.2, 0) is 6.54 Å². The predicted molar refractivity (Wildman–Crippen MR) is 105 cm³/mol. The van der Waals surface area contributed by atoms with E-state index in [4.69, 9.17) is 34.8 Å². The van der Waals surface area contributed by atoms with E-state index in [2.05, 4.69) is 26.3 Å². The Morgan fingerprint density at radius 1 is 1.19 bits per heavy atom. The number of nitrogens with one attached hydrogen (secondary N) is 1. The van der Waals surface area contributed by atoms with E-state index in [-0.39, 0.29) is 22.9 Å². The third-order valence-electron chi connectivity index (χ3n) is 3.51. The number of hydrogen-bond acceptors (Lipinski definition) is 2. The lowest BCUT2D eigenvalue weighted by atomic mass is 10.2. The predicted octanol–water partition coefficient (Wildman–Crippen LogP) is 6.05. The Labute approximate surface area is 172 Å². The Morgan fingerprint density at radius 3 is 2.65 bits per heavy atom. The molecule has 1 N–H and O–H groups in total. The van der Waals surface area contributed by atoms with Crippen molar-refractivity contribution in [2.45, 2.75) is 6.54 Å². The van der Waals surface area contributed by atoms with E-state index >= 15 is 0 Å². The number of carbonyl (C=O) groups is 1. The molecule has 134 valence electrons. The summed E-state index contributed by atoms with van der Waals surface area (Å²) in [6.45, 7) is 0.113. The van der Waals surface area contributed by atoms with Gasteiger partial charge in [0.05, 0.1) is 21.6 Å². The first kappa shape index (κ1) is 19.2. The smallest absolute Gasteiger partial charge is 0.258 e. The SMILES string of the molecule is O=C(Nc1nn(Cc2c(F)cccc2Cl)cc1Br)c1ccc(Cl)cc1Cl. The van der Waals surface area contributed by atoms with E-state index in [1.54, 1.807) is 18.3 Å². The van der Waals surface area contributed by atoms with Gasteiger partial charge in [-0.25, -0.2) is 4.39 Å². The summed E-state index contributed by atoms with van der Waals surface area (Å²) in [6.07, 6.45) is 1.61. The number of nitrogens with zero attached hydrogens (tertiary/aromatic N) is 2. The first-order valence-electron chi connectivity index (χ1n) is 7.27. The van der Waals surface area contributed by atoms with E-state index in [0.717, 1.165) is 0 Å². The normalized spacial score (nSPS) is 10.8. The van der Waals surface area contributed by atoms with Crippen molar-refractivity contribution in [3.8, 4) is 0 Å². The van der Waals surface area contributed by atoms with Gasteiger partial charge >= 0.3 is 0 Å². The summed E-state index contributed by atoms with van der Waals surface area (Å²) < 4.78 is 15.9. The molecular weight excluding hydrogens is 467 g/mol. The van der Waals surface area contributed by atoms with Crippen LogP contribution >= 0.6 is 50.7 Å². The van der Waals surface area contributed by atoms with Crippen LogP contribution in [0.3, 0.4) is 0 Å². The molecule has 0 aliphatic heterocycles. The molecule has 9 heteroatoms. The van der Waals surface area contributed by atoms with Crippen molar-refractivity contribution < 1.29 is 9.18 Å². The number of rotatable bonds is 4. The second-order valence-electron chi connectivity index (χ2n) is 5.30. The van der Waals surface area contributed by atoms with Gasteiger partial charge in [-0.05, 0) is 46.3 Å². The molecule has 1 aromatic heterocycles. The molecular formula is C17H10BrCl3FN3O. The molecule has 2 aromatic carbocycles. The third-order valence-corrected chi connectivity index (χ3v) is 4.99. The molecule has 0 aliphatic rings. The number of anilines is 1. The van der Waals surface area contributed by atoms with E-state index < -0.39 is 11.7 Å². The van der Waals surface area contributed by atoms with Crippen LogP contribution in [0.4, 0.5) is 10.2 Å². The van der Waals surface area contributed by atoms with Gasteiger partial charge in [0.25, 0.3) is 5.91 Å². The summed E-state index contributed by atoms with van der Waals surface area (Å²) in [4.78, 5) is 12.4. The molecule has 0 atom stereocenters. The zero-order valence-electron chi connectivity index (χ0n) is 12.9. The molecule has 3 aromatic rings. The Balaban J connectivity index is 1.81. The summed E-state index contributed by atoms with van der Waals surface area (Å²) in [5, 5.41) is 7.85. The topological polar surface area (TPSA) is 46.9 Å². The fraction of sp³-hybridized carbons (Fsp3) is 0.0588. The van der Waals surface area contributed by atoms with Crippen LogP contribution in [0.15, 0.2) is 47.1 Å². The van der Waals surface area contributed by atoms with Crippen LogP contribution in [0.2, 0.25) is 15.1 Å². The third kappa shape index (κ3) is 4.20. The molecule has 1 amide bonds. The molecule has 0 unspecified atom stereocenters. The molecule has 0 spiro atoms. The maximum atomic E-state index is 13.9. The van der Waals surface area contributed by atoms with E-state index in [0.29, 0.717) is 20.1 Å². The van der Waals surface area contributed by atoms with Crippen molar-refractivity contribution in [2.75, 3.05) is 5.32 Å². The largest absolute Gasteiger partial charge is 0.304 e. The highest BCUT2D eigenvalue weighted by Gasteiger charge is 2.16. The maximum Gasteiger partial charge on any atom is 0.258 e. The van der Waals surface area contributed by atoms with Crippen LogP contribution < -0.4 is 5.32 Å². The zero-order chi connectivity index (χ0) is 18.8. The second kappa shape index (κ2) is 7.96. The van der Waals surface area contributed by atoms with Gasteiger partial charge in [-0.3, -0.25) is 9.48 Å². The summed E-state index contributed by atoms with van der Waals surface area (Å²) in [5.74, 6) is -0.599. The van der Waals surface area contributed by atoms with Gasteiger partial charge in [0.15, 0.2) is 5.82 Å². The van der Waals surface area contributed by atoms with Gasteiger partial charge in [-0.1, -0.05) is 40.9 Å². The van der Waals surface area contributed by atoms with Crippen molar-refractivity contribution in [3.63, 3.8) is 0 Å². The highest BCUT2D eigenvalue weighted by atomic mass is 79.9. The van der Waals surface area contributed by atoms with Crippen molar-refractivity contribution >= 4 is 62.5 Å². The number of carbonyl (C=O) groups excluding carboxylic acids is 1. The zero-order valence-corrected chi connectivity index (χ0v) is 16.8. The minimum Gasteiger partial charge on any atom is -0.304 e. The average molecular weight is 478 g/mol. The quantitative estimate of drug-likeness (QED) is 0.498. The average Bonchev–Trinajstić information content (AvgIpc) is 2.90. The summed E-state index contributed by atoms with van der Waals surface area (Å²) in [6, 6.07) is 9.02. The fourth-order valence-corrected chi connectivity index (χ4v) is 3.39. The Morgan fingerprint density at radius 2 is 1.96 bits per heavy atom. The summed E-state index contributed by atoms with van der Waals surface area (Å²) in [7, 11) is 0. The number of aromatic nitrogens is 2. The lowest BCUT2D eigenvalue weighted by Gasteiger charge is -2.06. The van der Waals surface area contributed by atoms with Crippen LogP contribution in [0.25, 0.3) is 0 Å². The maximum absolute atomic E-state index is 13.9. The Bertz CT molecular complexity index is 973. The van der Waals surface area contributed by atoms with E-state index in [1.807, 2.05) is 0 Å². The van der Waals surface area contributed by atoms with Crippen LogP contribution in [-0.4, -0.2) is 15.7 Å².